The van der Waals surface area contributed by atoms with E-state index in [0.717, 1.165) is 22.4 Å². The summed E-state index contributed by atoms with van der Waals surface area (Å²) in [5.74, 6) is 0. The predicted octanol–water partition coefficient (Wildman–Crippen LogP) is 2.90. The van der Waals surface area contributed by atoms with E-state index in [1.165, 1.54) is 0 Å². The predicted molar refractivity (Wildman–Crippen MR) is 98.9 cm³/mol. The van der Waals surface area contributed by atoms with Gasteiger partial charge in [-0.1, -0.05) is 53.7 Å². The van der Waals surface area contributed by atoms with E-state index < -0.39 is 0 Å². The third-order valence-corrected chi connectivity index (χ3v) is 3.40. The van der Waals surface area contributed by atoms with E-state index in [4.69, 9.17) is 4.84 Å². The van der Waals surface area contributed by atoms with Gasteiger partial charge in [-0.15, -0.1) is 0 Å². The van der Waals surface area contributed by atoms with E-state index in [1.807, 2.05) is 61.5 Å². The van der Waals surface area contributed by atoms with Gasteiger partial charge in [-0.25, -0.2) is 9.80 Å². The van der Waals surface area contributed by atoms with Gasteiger partial charge in [-0.2, -0.15) is 0 Å². The van der Waals surface area contributed by atoms with Crippen LogP contribution in [-0.4, -0.2) is 30.8 Å². The van der Waals surface area contributed by atoms with Gasteiger partial charge >= 0.3 is 6.03 Å². The molecule has 0 saturated heterocycles. The van der Waals surface area contributed by atoms with E-state index in [-0.39, 0.29) is 6.03 Å². The fraction of sp³-hybridized carbons (Fsp3) is 0.263. The Morgan fingerprint density at radius 1 is 1.08 bits per heavy atom. The second kappa shape index (κ2) is 9.44. The lowest BCUT2D eigenvalue weighted by Gasteiger charge is -2.13. The molecule has 6 nitrogen and oxygen atoms in total. The zero-order valence-electron chi connectivity index (χ0n) is 14.8. The summed E-state index contributed by atoms with van der Waals surface area (Å²) in [7, 11) is 3.52. The Morgan fingerprint density at radius 3 is 2.52 bits per heavy atom. The number of carbonyl (C=O) groups excluding carboxylic acids is 1. The normalized spacial score (nSPS) is 11.3. The molecule has 2 aromatic rings. The van der Waals surface area contributed by atoms with Crippen LogP contribution in [0.5, 0.6) is 0 Å². The van der Waals surface area contributed by atoms with Crippen molar-refractivity contribution in [3.8, 4) is 0 Å². The zero-order chi connectivity index (χ0) is 18.1. The van der Waals surface area contributed by atoms with Crippen LogP contribution in [0.25, 0.3) is 0 Å². The van der Waals surface area contributed by atoms with E-state index in [1.54, 1.807) is 19.1 Å². The van der Waals surface area contributed by atoms with Crippen LogP contribution < -0.4 is 10.7 Å². The molecule has 2 rings (SSSR count). The summed E-state index contributed by atoms with van der Waals surface area (Å²) in [4.78, 5) is 17.0. The lowest BCUT2D eigenvalue weighted by molar-refractivity contribution is 0.130. The molecule has 2 N–H and O–H groups in total. The molecule has 0 aromatic heterocycles. The summed E-state index contributed by atoms with van der Waals surface area (Å²) in [5.41, 5.74) is 6.44. The second-order valence-corrected chi connectivity index (χ2v) is 5.83. The van der Waals surface area contributed by atoms with Crippen LogP contribution in [-0.2, 0) is 18.0 Å². The highest BCUT2D eigenvalue weighted by atomic mass is 16.6. The van der Waals surface area contributed by atoms with Gasteiger partial charge in [0.1, 0.15) is 6.61 Å². The van der Waals surface area contributed by atoms with Crippen molar-refractivity contribution < 1.29 is 9.63 Å². The maximum absolute atomic E-state index is 11.6. The molecular formula is C19H24N4O2. The molecule has 0 aliphatic heterocycles. The standard InChI is InChI=1S/C19H24N4O2/c1-15(22-25-14-16-8-5-4-6-9-16)18-11-7-10-17(12-18)13-20-19(24)21-23(2)3/h4-12H,13-14H2,1-3H3,(H2,20,21,24)/b22-15+. The number of hydrogen-bond acceptors (Lipinski definition) is 4. The highest BCUT2D eigenvalue weighted by Crippen LogP contribution is 2.08. The Hall–Kier alpha value is -2.86. The number of oxime groups is 1. The summed E-state index contributed by atoms with van der Waals surface area (Å²) in [6.07, 6.45) is 0. The molecule has 0 spiro atoms. The van der Waals surface area contributed by atoms with Crippen molar-refractivity contribution in [3.63, 3.8) is 0 Å². The second-order valence-electron chi connectivity index (χ2n) is 5.83. The molecule has 132 valence electrons. The van der Waals surface area contributed by atoms with Gasteiger partial charge in [0.2, 0.25) is 0 Å². The molecule has 25 heavy (non-hydrogen) atoms. The number of nitrogens with zero attached hydrogens (tertiary/aromatic N) is 2. The lowest BCUT2D eigenvalue weighted by Crippen LogP contribution is -2.42. The number of hydrazine groups is 1. The quantitative estimate of drug-likeness (QED) is 0.602. The van der Waals surface area contributed by atoms with Crippen molar-refractivity contribution in [1.82, 2.24) is 15.8 Å². The first kappa shape index (κ1) is 18.5. The average molecular weight is 340 g/mol. The van der Waals surface area contributed by atoms with E-state index in [0.29, 0.717) is 13.2 Å². The first-order valence-corrected chi connectivity index (χ1v) is 8.06. The third-order valence-electron chi connectivity index (χ3n) is 3.40. The summed E-state index contributed by atoms with van der Waals surface area (Å²) >= 11 is 0. The minimum atomic E-state index is -0.244. The molecule has 0 radical (unpaired) electrons. The molecule has 0 unspecified atom stereocenters. The van der Waals surface area contributed by atoms with Gasteiger partial charge in [-0.3, -0.25) is 5.43 Å². The number of amides is 2. The topological polar surface area (TPSA) is 66.0 Å². The van der Waals surface area contributed by atoms with Gasteiger partial charge in [0, 0.05) is 20.6 Å². The van der Waals surface area contributed by atoms with Crippen LogP contribution in [0.4, 0.5) is 4.79 Å². The molecule has 0 bridgehead atoms. The van der Waals surface area contributed by atoms with Gasteiger partial charge in [0.15, 0.2) is 0 Å². The molecule has 0 atom stereocenters. The Bertz CT molecular complexity index is 714. The molecule has 0 fully saturated rings. The number of hydrogen-bond donors (Lipinski definition) is 2. The molecule has 0 aliphatic carbocycles. The SMILES string of the molecule is C/C(=N\OCc1ccccc1)c1cccc(CNC(=O)NN(C)C)c1. The van der Waals surface area contributed by atoms with Crippen LogP contribution in [0.3, 0.4) is 0 Å². The summed E-state index contributed by atoms with van der Waals surface area (Å²) in [6, 6.07) is 17.5. The van der Waals surface area contributed by atoms with Crippen molar-refractivity contribution >= 4 is 11.7 Å². The first-order valence-electron chi connectivity index (χ1n) is 8.06. The Balaban J connectivity index is 1.90. The van der Waals surface area contributed by atoms with Gasteiger partial charge in [-0.05, 0) is 29.7 Å². The van der Waals surface area contributed by atoms with Crippen LogP contribution in [0, 0.1) is 0 Å². The lowest BCUT2D eigenvalue weighted by atomic mass is 10.1. The van der Waals surface area contributed by atoms with Crippen LogP contribution in [0.1, 0.15) is 23.6 Å². The van der Waals surface area contributed by atoms with E-state index in [2.05, 4.69) is 15.9 Å². The number of urea groups is 1. The minimum absolute atomic E-state index is 0.244. The Kier molecular flexibility index (Phi) is 6.98. The molecule has 2 amide bonds. The van der Waals surface area contributed by atoms with Crippen LogP contribution in [0.2, 0.25) is 0 Å². The number of benzene rings is 2. The fourth-order valence-corrected chi connectivity index (χ4v) is 2.16. The van der Waals surface area contributed by atoms with Crippen LogP contribution >= 0.6 is 0 Å². The highest BCUT2D eigenvalue weighted by Gasteiger charge is 2.03. The molecule has 0 saturated carbocycles. The third kappa shape index (κ3) is 6.64. The van der Waals surface area contributed by atoms with Crippen molar-refractivity contribution in [2.24, 2.45) is 5.16 Å². The number of carbonyl (C=O) groups is 1. The van der Waals surface area contributed by atoms with Gasteiger partial charge in [0.25, 0.3) is 0 Å². The van der Waals surface area contributed by atoms with Crippen molar-refractivity contribution in [2.75, 3.05) is 14.1 Å². The van der Waals surface area contributed by atoms with E-state index >= 15 is 0 Å². The molecule has 2 aromatic carbocycles. The smallest absolute Gasteiger partial charge is 0.329 e. The summed E-state index contributed by atoms with van der Waals surface area (Å²) < 4.78 is 0. The Labute approximate surface area is 148 Å². The Morgan fingerprint density at radius 2 is 1.80 bits per heavy atom. The van der Waals surface area contributed by atoms with Crippen molar-refractivity contribution in [3.05, 3.63) is 71.3 Å². The van der Waals surface area contributed by atoms with Gasteiger partial charge < -0.3 is 10.2 Å². The van der Waals surface area contributed by atoms with Crippen molar-refractivity contribution in [2.45, 2.75) is 20.1 Å². The first-order chi connectivity index (χ1) is 12.0. The largest absolute Gasteiger partial charge is 0.391 e. The maximum Gasteiger partial charge on any atom is 0.329 e. The number of nitrogens with one attached hydrogen (secondary N) is 2. The van der Waals surface area contributed by atoms with Crippen molar-refractivity contribution in [1.29, 1.82) is 0 Å². The summed E-state index contributed by atoms with van der Waals surface area (Å²) in [6.45, 7) is 2.77. The van der Waals surface area contributed by atoms with Crippen LogP contribution in [0.15, 0.2) is 59.8 Å². The molecule has 0 aliphatic rings. The maximum atomic E-state index is 11.6. The number of rotatable bonds is 7. The highest BCUT2D eigenvalue weighted by molar-refractivity contribution is 5.98. The summed E-state index contributed by atoms with van der Waals surface area (Å²) in [5, 5.41) is 8.56. The molecular weight excluding hydrogens is 316 g/mol. The molecule has 6 heteroatoms. The van der Waals surface area contributed by atoms with E-state index in [9.17, 15) is 4.79 Å². The monoisotopic (exact) mass is 340 g/mol. The van der Waals surface area contributed by atoms with Gasteiger partial charge in [0.05, 0.1) is 5.71 Å². The molecule has 0 heterocycles. The average Bonchev–Trinajstić information content (AvgIpc) is 2.60. The fourth-order valence-electron chi connectivity index (χ4n) is 2.16. The zero-order valence-corrected chi connectivity index (χ0v) is 14.8. The minimum Gasteiger partial charge on any atom is -0.391 e.